The van der Waals surface area contributed by atoms with Crippen molar-refractivity contribution >= 4 is 17.8 Å². The van der Waals surface area contributed by atoms with Crippen LogP contribution in [0, 0.1) is 6.92 Å². The van der Waals surface area contributed by atoms with E-state index in [0.717, 1.165) is 40.8 Å². The van der Waals surface area contributed by atoms with Crippen molar-refractivity contribution in [3.63, 3.8) is 0 Å². The molecule has 0 fully saturated rings. The van der Waals surface area contributed by atoms with Crippen molar-refractivity contribution < 1.29 is 9.26 Å². The number of ether oxygens (including phenoxy) is 1. The number of hydrogen-bond acceptors (Lipinski definition) is 5. The summed E-state index contributed by atoms with van der Waals surface area (Å²) >= 11 is 1.51. The molecule has 1 N–H and O–H groups in total. The minimum Gasteiger partial charge on any atom is -0.494 e. The molecule has 3 rings (SSSR count). The fourth-order valence-corrected chi connectivity index (χ4v) is 2.82. The first-order valence-corrected chi connectivity index (χ1v) is 8.76. The van der Waals surface area contributed by atoms with Gasteiger partial charge in [0, 0.05) is 11.0 Å². The van der Waals surface area contributed by atoms with Crippen LogP contribution >= 0.6 is 11.9 Å². The Morgan fingerprint density at radius 1 is 1.08 bits per heavy atom. The summed E-state index contributed by atoms with van der Waals surface area (Å²) in [4.78, 5) is 1.11. The van der Waals surface area contributed by atoms with Gasteiger partial charge in [0.1, 0.15) is 11.5 Å². The first-order chi connectivity index (χ1) is 11.7. The van der Waals surface area contributed by atoms with Crippen molar-refractivity contribution in [2.45, 2.75) is 25.2 Å². The maximum atomic E-state index is 5.70. The van der Waals surface area contributed by atoms with Crippen LogP contribution in [0.15, 0.2) is 64.0 Å². The summed E-state index contributed by atoms with van der Waals surface area (Å²) in [5.41, 5.74) is 2.32. The van der Waals surface area contributed by atoms with E-state index in [1.165, 1.54) is 17.5 Å². The molecule has 0 aliphatic heterocycles. The normalized spacial score (nSPS) is 10.6. The van der Waals surface area contributed by atoms with Crippen molar-refractivity contribution in [3.8, 4) is 16.9 Å². The molecule has 0 aliphatic rings. The molecule has 0 amide bonds. The molecule has 0 spiro atoms. The zero-order valence-corrected chi connectivity index (χ0v) is 14.6. The van der Waals surface area contributed by atoms with E-state index < -0.39 is 0 Å². The van der Waals surface area contributed by atoms with Crippen LogP contribution in [0.2, 0.25) is 0 Å². The Hall–Kier alpha value is -2.40. The highest BCUT2D eigenvalue weighted by atomic mass is 32.2. The highest BCUT2D eigenvalue weighted by Gasteiger charge is 2.03. The van der Waals surface area contributed by atoms with E-state index in [4.69, 9.17) is 9.26 Å². The predicted molar refractivity (Wildman–Crippen MR) is 98.4 cm³/mol. The van der Waals surface area contributed by atoms with Gasteiger partial charge in [-0.25, -0.2) is 0 Å². The molecule has 5 heteroatoms. The maximum Gasteiger partial charge on any atom is 0.179 e. The van der Waals surface area contributed by atoms with Crippen LogP contribution in [-0.2, 0) is 0 Å². The third-order valence-corrected chi connectivity index (χ3v) is 4.22. The van der Waals surface area contributed by atoms with Gasteiger partial charge in [0.25, 0.3) is 0 Å². The quantitative estimate of drug-likeness (QED) is 0.571. The van der Waals surface area contributed by atoms with Gasteiger partial charge >= 0.3 is 0 Å². The molecule has 1 heterocycles. The summed E-state index contributed by atoms with van der Waals surface area (Å²) in [6.45, 7) is 4.72. The molecule has 4 nitrogen and oxygen atoms in total. The van der Waals surface area contributed by atoms with Crippen LogP contribution in [0.25, 0.3) is 11.1 Å². The van der Waals surface area contributed by atoms with E-state index in [0.29, 0.717) is 0 Å². The minimum absolute atomic E-state index is 0.724. The Kier molecular flexibility index (Phi) is 5.43. The summed E-state index contributed by atoms with van der Waals surface area (Å²) in [6.07, 6.45) is 1.01. The lowest BCUT2D eigenvalue weighted by Crippen LogP contribution is -1.94. The highest BCUT2D eigenvalue weighted by molar-refractivity contribution is 8.00. The largest absolute Gasteiger partial charge is 0.494 e. The summed E-state index contributed by atoms with van der Waals surface area (Å²) in [7, 11) is 0. The Balaban J connectivity index is 1.65. The van der Waals surface area contributed by atoms with Gasteiger partial charge < -0.3 is 14.0 Å². The topological polar surface area (TPSA) is 47.3 Å². The SMILES string of the molecule is CCCOc1cccc(-c2ccc(SNc3cc(C)on3)cc2)c1. The second kappa shape index (κ2) is 7.93. The fraction of sp³-hybridized carbons (Fsp3) is 0.211. The van der Waals surface area contributed by atoms with E-state index in [1.54, 1.807) is 0 Å². The zero-order valence-electron chi connectivity index (χ0n) is 13.8. The van der Waals surface area contributed by atoms with E-state index >= 15 is 0 Å². The van der Waals surface area contributed by atoms with Gasteiger partial charge in [-0.3, -0.25) is 0 Å². The monoisotopic (exact) mass is 340 g/mol. The second-order valence-electron chi connectivity index (χ2n) is 5.43. The molecule has 2 aromatic carbocycles. The van der Waals surface area contributed by atoms with Crippen LogP contribution < -0.4 is 9.46 Å². The van der Waals surface area contributed by atoms with E-state index in [9.17, 15) is 0 Å². The Labute approximate surface area is 146 Å². The van der Waals surface area contributed by atoms with Gasteiger partial charge in [0.15, 0.2) is 5.82 Å². The summed E-state index contributed by atoms with van der Waals surface area (Å²) < 4.78 is 13.9. The zero-order chi connectivity index (χ0) is 16.8. The fourth-order valence-electron chi connectivity index (χ4n) is 2.23. The predicted octanol–water partition coefficient (Wildman–Crippen LogP) is 5.56. The summed E-state index contributed by atoms with van der Waals surface area (Å²) in [6, 6.07) is 18.4. The van der Waals surface area contributed by atoms with Crippen LogP contribution in [0.1, 0.15) is 19.1 Å². The van der Waals surface area contributed by atoms with Crippen LogP contribution in [-0.4, -0.2) is 11.8 Å². The van der Waals surface area contributed by atoms with Crippen LogP contribution in [0.4, 0.5) is 5.82 Å². The first-order valence-electron chi connectivity index (χ1n) is 7.94. The first kappa shape index (κ1) is 16.5. The molecule has 0 saturated heterocycles. The molecule has 0 aliphatic carbocycles. The summed E-state index contributed by atoms with van der Waals surface area (Å²) in [5, 5.41) is 3.91. The number of anilines is 1. The van der Waals surface area contributed by atoms with Gasteiger partial charge in [-0.1, -0.05) is 36.3 Å². The lowest BCUT2D eigenvalue weighted by molar-refractivity contribution is 0.317. The lowest BCUT2D eigenvalue weighted by atomic mass is 10.1. The molecular formula is C19H20N2O2S. The molecule has 0 atom stereocenters. The Morgan fingerprint density at radius 3 is 2.62 bits per heavy atom. The van der Waals surface area contributed by atoms with Crippen molar-refractivity contribution in [2.24, 2.45) is 0 Å². The van der Waals surface area contributed by atoms with Crippen LogP contribution in [0.5, 0.6) is 5.75 Å². The molecule has 124 valence electrons. The van der Waals surface area contributed by atoms with Crippen molar-refractivity contribution in [1.29, 1.82) is 0 Å². The van der Waals surface area contributed by atoms with E-state index in [2.05, 4.69) is 53.2 Å². The molecule has 1 aromatic heterocycles. The minimum atomic E-state index is 0.724. The molecular weight excluding hydrogens is 320 g/mol. The lowest BCUT2D eigenvalue weighted by Gasteiger charge is -2.08. The van der Waals surface area contributed by atoms with E-state index in [-0.39, 0.29) is 0 Å². The Morgan fingerprint density at radius 2 is 1.92 bits per heavy atom. The third kappa shape index (κ3) is 4.32. The summed E-state index contributed by atoms with van der Waals surface area (Å²) in [5.74, 6) is 2.43. The average molecular weight is 340 g/mol. The number of benzene rings is 2. The smallest absolute Gasteiger partial charge is 0.179 e. The molecule has 0 radical (unpaired) electrons. The molecule has 3 aromatic rings. The second-order valence-corrected chi connectivity index (χ2v) is 6.31. The molecule has 24 heavy (non-hydrogen) atoms. The van der Waals surface area contributed by atoms with Crippen molar-refractivity contribution in [3.05, 3.63) is 60.4 Å². The van der Waals surface area contributed by atoms with Gasteiger partial charge in [0.2, 0.25) is 0 Å². The van der Waals surface area contributed by atoms with Crippen LogP contribution in [0.3, 0.4) is 0 Å². The Bertz CT molecular complexity index is 784. The third-order valence-electron chi connectivity index (χ3n) is 3.40. The molecule has 0 saturated carbocycles. The van der Waals surface area contributed by atoms with Gasteiger partial charge in [-0.05, 0) is 60.7 Å². The molecule has 0 bridgehead atoms. The van der Waals surface area contributed by atoms with Crippen molar-refractivity contribution in [2.75, 3.05) is 11.3 Å². The van der Waals surface area contributed by atoms with Gasteiger partial charge in [0.05, 0.1) is 6.61 Å². The maximum absolute atomic E-state index is 5.70. The number of aromatic nitrogens is 1. The van der Waals surface area contributed by atoms with Gasteiger partial charge in [-0.15, -0.1) is 0 Å². The van der Waals surface area contributed by atoms with Crippen molar-refractivity contribution in [1.82, 2.24) is 5.16 Å². The number of aryl methyl sites for hydroxylation is 1. The number of nitrogens with zero attached hydrogens (tertiary/aromatic N) is 1. The standard InChI is InChI=1S/C19H20N2O2S/c1-3-11-22-17-6-4-5-16(13-17)15-7-9-18(10-8-15)24-21-19-12-14(2)23-20-19/h4-10,12-13H,3,11H2,1-2H3,(H,20,21). The number of rotatable bonds is 7. The number of nitrogens with one attached hydrogen (secondary N) is 1. The molecule has 0 unspecified atom stereocenters. The highest BCUT2D eigenvalue weighted by Crippen LogP contribution is 2.27. The van der Waals surface area contributed by atoms with Gasteiger partial charge in [-0.2, -0.15) is 0 Å². The van der Waals surface area contributed by atoms with E-state index in [1.807, 2.05) is 25.1 Å². The number of hydrogen-bond donors (Lipinski definition) is 1. The average Bonchev–Trinajstić information content (AvgIpc) is 3.04.